The van der Waals surface area contributed by atoms with Crippen molar-refractivity contribution in [3.8, 4) is 17.0 Å². The molecule has 0 aliphatic heterocycles. The van der Waals surface area contributed by atoms with Crippen molar-refractivity contribution < 1.29 is 13.5 Å². The second-order valence-corrected chi connectivity index (χ2v) is 5.30. The summed E-state index contributed by atoms with van der Waals surface area (Å²) in [6.07, 6.45) is 0.227. The van der Waals surface area contributed by atoms with Crippen LogP contribution in [-0.4, -0.2) is 24.3 Å². The summed E-state index contributed by atoms with van der Waals surface area (Å²) in [6, 6.07) is 9.50. The van der Waals surface area contributed by atoms with E-state index in [4.69, 9.17) is 10.5 Å². The van der Waals surface area contributed by atoms with Gasteiger partial charge >= 0.3 is 0 Å². The van der Waals surface area contributed by atoms with Gasteiger partial charge in [-0.1, -0.05) is 0 Å². The first-order valence-electron chi connectivity index (χ1n) is 7.55. The van der Waals surface area contributed by atoms with E-state index in [9.17, 15) is 13.6 Å². The zero-order valence-corrected chi connectivity index (χ0v) is 13.9. The molecule has 0 saturated carbocycles. The summed E-state index contributed by atoms with van der Waals surface area (Å²) in [7, 11) is 1.53. The molecular weight excluding hydrogens is 328 g/mol. The highest BCUT2D eigenvalue weighted by Gasteiger charge is 2.15. The Morgan fingerprint density at radius 3 is 2.52 bits per heavy atom. The van der Waals surface area contributed by atoms with Crippen molar-refractivity contribution in [2.24, 2.45) is 10.7 Å². The Morgan fingerprint density at radius 2 is 1.96 bits per heavy atom. The molecule has 2 aromatic rings. The lowest BCUT2D eigenvalue weighted by atomic mass is 10.1. The second kappa shape index (κ2) is 8.23. The molecular formula is C18H19F2N3O2. The number of nitrogens with zero attached hydrogens (tertiary/aromatic N) is 2. The number of hydrogen-bond acceptors (Lipinski definition) is 4. The molecule has 0 bridgehead atoms. The fraction of sp³-hybridized carbons (Fsp3) is 0.222. The number of hydrogen-bond donors (Lipinski definition) is 1. The third-order valence-corrected chi connectivity index (χ3v) is 3.52. The number of methoxy groups -OCH3 is 1. The van der Waals surface area contributed by atoms with E-state index < -0.39 is 18.5 Å². The van der Waals surface area contributed by atoms with Gasteiger partial charge in [0.1, 0.15) is 5.75 Å². The van der Waals surface area contributed by atoms with Gasteiger partial charge in [0, 0.05) is 17.8 Å². The van der Waals surface area contributed by atoms with E-state index in [2.05, 4.69) is 4.99 Å². The van der Waals surface area contributed by atoms with E-state index in [-0.39, 0.29) is 0 Å². The van der Waals surface area contributed by atoms with Crippen molar-refractivity contribution in [2.45, 2.75) is 19.9 Å². The van der Waals surface area contributed by atoms with Crippen LogP contribution in [0.15, 0.2) is 58.0 Å². The van der Waals surface area contributed by atoms with Crippen LogP contribution in [0.5, 0.6) is 5.75 Å². The van der Waals surface area contributed by atoms with Crippen LogP contribution < -0.4 is 16.0 Å². The van der Waals surface area contributed by atoms with E-state index in [1.54, 1.807) is 31.2 Å². The van der Waals surface area contributed by atoms with Crippen LogP contribution in [0.3, 0.4) is 0 Å². The molecule has 1 aromatic carbocycles. The monoisotopic (exact) mass is 347 g/mol. The Kier molecular flexibility index (Phi) is 6.05. The number of halogens is 2. The number of allylic oxidation sites excluding steroid dienone is 1. The molecule has 0 fully saturated rings. The molecule has 2 N–H and O–H groups in total. The lowest BCUT2D eigenvalue weighted by Gasteiger charge is -2.15. The van der Waals surface area contributed by atoms with Crippen molar-refractivity contribution in [3.05, 3.63) is 58.5 Å². The Hall–Kier alpha value is -2.96. The molecule has 0 aliphatic carbocycles. The van der Waals surface area contributed by atoms with E-state index in [0.29, 0.717) is 28.3 Å². The summed E-state index contributed by atoms with van der Waals surface area (Å²) < 4.78 is 32.1. The minimum atomic E-state index is -2.67. The molecule has 1 heterocycles. The molecule has 25 heavy (non-hydrogen) atoms. The van der Waals surface area contributed by atoms with E-state index in [0.717, 1.165) is 4.57 Å². The largest absolute Gasteiger partial charge is 0.497 e. The van der Waals surface area contributed by atoms with E-state index in [1.807, 2.05) is 0 Å². The first-order valence-corrected chi connectivity index (χ1v) is 7.55. The smallest absolute Gasteiger partial charge is 0.256 e. The Morgan fingerprint density at radius 1 is 1.28 bits per heavy atom. The zero-order chi connectivity index (χ0) is 18.4. The fourth-order valence-corrected chi connectivity index (χ4v) is 2.26. The average Bonchev–Trinajstić information content (AvgIpc) is 2.61. The topological polar surface area (TPSA) is 69.6 Å². The fourth-order valence-electron chi connectivity index (χ4n) is 2.26. The van der Waals surface area contributed by atoms with E-state index >= 15 is 0 Å². The highest BCUT2D eigenvalue weighted by molar-refractivity contribution is 5.83. The van der Waals surface area contributed by atoms with Crippen molar-refractivity contribution in [3.63, 3.8) is 0 Å². The Balaban J connectivity index is 2.67. The molecule has 5 nitrogen and oxygen atoms in total. The normalized spacial score (nSPS) is 12.1. The summed E-state index contributed by atoms with van der Waals surface area (Å²) in [5.74, 6) is 0.620. The maximum Gasteiger partial charge on any atom is 0.256 e. The molecule has 0 atom stereocenters. The molecule has 1 aromatic heterocycles. The number of pyridine rings is 1. The number of alkyl halides is 2. The molecule has 2 rings (SSSR count). The summed E-state index contributed by atoms with van der Waals surface area (Å²) in [4.78, 5) is 16.4. The molecule has 0 radical (unpaired) electrons. The lowest BCUT2D eigenvalue weighted by molar-refractivity contribution is 0.126. The summed E-state index contributed by atoms with van der Waals surface area (Å²) in [5.41, 5.74) is 6.89. The van der Waals surface area contributed by atoms with Gasteiger partial charge in [-0.3, -0.25) is 9.79 Å². The van der Waals surface area contributed by atoms with Crippen LogP contribution in [0.2, 0.25) is 0 Å². The highest BCUT2D eigenvalue weighted by Crippen LogP contribution is 2.30. The first-order chi connectivity index (χ1) is 12.0. The van der Waals surface area contributed by atoms with Gasteiger partial charge in [-0.2, -0.15) is 0 Å². The average molecular weight is 347 g/mol. The van der Waals surface area contributed by atoms with Crippen molar-refractivity contribution >= 4 is 11.9 Å². The third-order valence-electron chi connectivity index (χ3n) is 3.52. The number of benzene rings is 1. The highest BCUT2D eigenvalue weighted by atomic mass is 19.3. The number of aromatic nitrogens is 1. The SMILES string of the molecule is COc1ccc(-c2c(N=CC(C)=CN)ccc(=O)n2CC(F)F)cc1. The quantitative estimate of drug-likeness (QED) is 0.815. The van der Waals surface area contributed by atoms with Gasteiger partial charge in [-0.25, -0.2) is 8.78 Å². The molecule has 0 saturated heterocycles. The predicted octanol–water partition coefficient (Wildman–Crippen LogP) is 3.35. The summed E-state index contributed by atoms with van der Waals surface area (Å²) >= 11 is 0. The third kappa shape index (κ3) is 4.53. The maximum atomic E-state index is 13.0. The van der Waals surface area contributed by atoms with Gasteiger partial charge in [-0.15, -0.1) is 0 Å². The molecule has 0 aliphatic rings. The Bertz CT molecular complexity index is 840. The molecule has 0 unspecified atom stereocenters. The van der Waals surface area contributed by atoms with Crippen LogP contribution in [0.1, 0.15) is 6.92 Å². The maximum absolute atomic E-state index is 13.0. The number of nitrogens with two attached hydrogens (primary N) is 1. The number of rotatable bonds is 6. The van der Waals surface area contributed by atoms with Gasteiger partial charge in [0.15, 0.2) is 0 Å². The van der Waals surface area contributed by atoms with Crippen LogP contribution in [0.4, 0.5) is 14.5 Å². The Labute approximate surface area is 144 Å². The minimum absolute atomic E-state index is 0.316. The summed E-state index contributed by atoms with van der Waals surface area (Å²) in [5, 5.41) is 0. The van der Waals surface area contributed by atoms with Crippen molar-refractivity contribution in [2.75, 3.05) is 7.11 Å². The second-order valence-electron chi connectivity index (χ2n) is 5.30. The molecule has 7 heteroatoms. The number of ether oxygens (including phenoxy) is 1. The lowest BCUT2D eigenvalue weighted by Crippen LogP contribution is -2.24. The zero-order valence-electron chi connectivity index (χ0n) is 13.9. The van der Waals surface area contributed by atoms with Crippen LogP contribution in [0, 0.1) is 0 Å². The van der Waals surface area contributed by atoms with Crippen molar-refractivity contribution in [1.29, 1.82) is 0 Å². The summed E-state index contributed by atoms with van der Waals surface area (Å²) in [6.45, 7) is 1.04. The van der Waals surface area contributed by atoms with Crippen LogP contribution in [0.25, 0.3) is 11.3 Å². The first kappa shape index (κ1) is 18.4. The molecule has 0 amide bonds. The van der Waals surface area contributed by atoms with Crippen LogP contribution >= 0.6 is 0 Å². The standard InChI is InChI=1S/C18H19F2N3O2/c1-12(9-21)10-22-15-7-8-17(24)23(11-16(19)20)18(15)13-3-5-14(25-2)6-4-13/h3-10,16H,11,21H2,1-2H3. The van der Waals surface area contributed by atoms with E-state index in [1.165, 1.54) is 31.7 Å². The van der Waals surface area contributed by atoms with Crippen LogP contribution in [-0.2, 0) is 6.54 Å². The molecule has 0 spiro atoms. The van der Waals surface area contributed by atoms with Gasteiger partial charge in [0.05, 0.1) is 25.0 Å². The molecule has 132 valence electrons. The van der Waals surface area contributed by atoms with Gasteiger partial charge in [0.25, 0.3) is 12.0 Å². The number of aliphatic imine (C=N–C) groups is 1. The van der Waals surface area contributed by atoms with Gasteiger partial charge in [-0.05, 0) is 49.0 Å². The predicted molar refractivity (Wildman–Crippen MR) is 94.8 cm³/mol. The minimum Gasteiger partial charge on any atom is -0.497 e. The van der Waals surface area contributed by atoms with Crippen molar-refractivity contribution in [1.82, 2.24) is 4.57 Å². The van der Waals surface area contributed by atoms with Gasteiger partial charge in [0.2, 0.25) is 0 Å². The van der Waals surface area contributed by atoms with Gasteiger partial charge < -0.3 is 15.0 Å².